The van der Waals surface area contributed by atoms with Gasteiger partial charge >= 0.3 is 0 Å². The maximum absolute atomic E-state index is 11.5. The van der Waals surface area contributed by atoms with Gasteiger partial charge in [-0.25, -0.2) is 4.98 Å². The second-order valence-electron chi connectivity index (χ2n) is 4.63. The fraction of sp³-hybridized carbons (Fsp3) is 0.571. The van der Waals surface area contributed by atoms with E-state index in [0.29, 0.717) is 18.8 Å². The number of nitrogens with zero attached hydrogens (tertiary/aromatic N) is 1. The van der Waals surface area contributed by atoms with Gasteiger partial charge in [-0.1, -0.05) is 22.9 Å². The van der Waals surface area contributed by atoms with Gasteiger partial charge in [-0.05, 0) is 25.3 Å². The highest BCUT2D eigenvalue weighted by atomic mass is 79.9. The molecule has 1 aliphatic heterocycles. The number of rotatable bonds is 5. The number of aromatic nitrogens is 1. The second kappa shape index (κ2) is 7.71. The van der Waals surface area contributed by atoms with E-state index in [-0.39, 0.29) is 12.2 Å². The molecule has 2 rings (SSSR count). The molecule has 0 aromatic carbocycles. The summed E-state index contributed by atoms with van der Waals surface area (Å²) in [6, 6.07) is 1.84. The summed E-state index contributed by atoms with van der Waals surface area (Å²) in [7, 11) is 0. The van der Waals surface area contributed by atoms with Gasteiger partial charge in [-0.15, -0.1) is 0 Å². The first-order chi connectivity index (χ1) is 9.70. The van der Waals surface area contributed by atoms with E-state index < -0.39 is 0 Å². The van der Waals surface area contributed by atoms with Gasteiger partial charge in [0.15, 0.2) is 6.29 Å². The van der Waals surface area contributed by atoms with Crippen LogP contribution in [0.1, 0.15) is 38.2 Å². The lowest BCUT2D eigenvalue weighted by atomic mass is 10.2. The molecule has 0 spiro atoms. The number of ether oxygens (including phenoxy) is 2. The summed E-state index contributed by atoms with van der Waals surface area (Å²) in [5, 5.41) is 2.79. The van der Waals surface area contributed by atoms with Crippen LogP contribution >= 0.6 is 15.9 Å². The molecule has 1 fully saturated rings. The minimum Gasteiger partial charge on any atom is -0.353 e. The summed E-state index contributed by atoms with van der Waals surface area (Å²) in [4.78, 5) is 15.7. The first kappa shape index (κ1) is 15.4. The van der Waals surface area contributed by atoms with Crippen LogP contribution in [0.3, 0.4) is 0 Å². The van der Waals surface area contributed by atoms with Crippen molar-refractivity contribution < 1.29 is 14.3 Å². The SMILES string of the molecule is CCC(=O)Nc1nccc(Br)c1COC1CCCCO1. The number of carbonyl (C=O) groups is 1. The summed E-state index contributed by atoms with van der Waals surface area (Å²) < 4.78 is 12.2. The molecule has 1 atom stereocenters. The fourth-order valence-electron chi connectivity index (χ4n) is 1.95. The van der Waals surface area contributed by atoms with Crippen molar-refractivity contribution in [1.29, 1.82) is 0 Å². The lowest BCUT2D eigenvalue weighted by Crippen LogP contribution is -2.22. The smallest absolute Gasteiger partial charge is 0.225 e. The molecule has 20 heavy (non-hydrogen) atoms. The van der Waals surface area contributed by atoms with Gasteiger partial charge in [0.1, 0.15) is 5.82 Å². The average molecular weight is 343 g/mol. The van der Waals surface area contributed by atoms with Crippen molar-refractivity contribution >= 4 is 27.7 Å². The molecule has 5 nitrogen and oxygen atoms in total. The number of anilines is 1. The Labute approximate surface area is 127 Å². The van der Waals surface area contributed by atoms with Gasteiger partial charge in [0.2, 0.25) is 5.91 Å². The van der Waals surface area contributed by atoms with Crippen molar-refractivity contribution in [3.8, 4) is 0 Å². The van der Waals surface area contributed by atoms with Crippen LogP contribution < -0.4 is 5.32 Å². The molecule has 1 N–H and O–H groups in total. The number of pyridine rings is 1. The second-order valence-corrected chi connectivity index (χ2v) is 5.48. The first-order valence-electron chi connectivity index (χ1n) is 6.87. The van der Waals surface area contributed by atoms with Crippen molar-refractivity contribution in [1.82, 2.24) is 4.98 Å². The number of hydrogen-bond acceptors (Lipinski definition) is 4. The summed E-state index contributed by atoms with van der Waals surface area (Å²) in [6.45, 7) is 2.91. The van der Waals surface area contributed by atoms with E-state index in [1.54, 1.807) is 13.1 Å². The normalized spacial score (nSPS) is 18.8. The summed E-state index contributed by atoms with van der Waals surface area (Å²) in [5.74, 6) is 0.479. The molecule has 1 aliphatic rings. The number of halogens is 1. The van der Waals surface area contributed by atoms with E-state index in [1.807, 2.05) is 6.07 Å². The summed E-state index contributed by atoms with van der Waals surface area (Å²) in [6.07, 6.45) is 5.03. The van der Waals surface area contributed by atoms with Gasteiger partial charge in [-0.2, -0.15) is 0 Å². The van der Waals surface area contributed by atoms with Gasteiger partial charge in [-0.3, -0.25) is 4.79 Å². The molecule has 1 unspecified atom stereocenters. The molecule has 6 heteroatoms. The third kappa shape index (κ3) is 4.26. The van der Waals surface area contributed by atoms with Crippen LogP contribution in [0.2, 0.25) is 0 Å². The highest BCUT2D eigenvalue weighted by Crippen LogP contribution is 2.25. The predicted octanol–water partition coefficient (Wildman–Crippen LogP) is 3.24. The van der Waals surface area contributed by atoms with Gasteiger partial charge in [0.05, 0.1) is 6.61 Å². The molecule has 2 heterocycles. The Hall–Kier alpha value is -0.980. The van der Waals surface area contributed by atoms with E-state index in [1.165, 1.54) is 0 Å². The Morgan fingerprint density at radius 1 is 1.60 bits per heavy atom. The number of nitrogens with one attached hydrogen (secondary N) is 1. The molecule has 110 valence electrons. The van der Waals surface area contributed by atoms with Gasteiger partial charge in [0, 0.05) is 29.3 Å². The van der Waals surface area contributed by atoms with Crippen molar-refractivity contribution in [2.24, 2.45) is 0 Å². The summed E-state index contributed by atoms with van der Waals surface area (Å²) >= 11 is 3.47. The molecule has 0 bridgehead atoms. The number of amides is 1. The molecule has 0 saturated carbocycles. The Balaban J connectivity index is 2.02. The topological polar surface area (TPSA) is 60.5 Å². The highest BCUT2D eigenvalue weighted by molar-refractivity contribution is 9.10. The minimum atomic E-state index is -0.161. The zero-order valence-corrected chi connectivity index (χ0v) is 13.1. The Bertz CT molecular complexity index is 462. The monoisotopic (exact) mass is 342 g/mol. The molecular weight excluding hydrogens is 324 g/mol. The van der Waals surface area contributed by atoms with Crippen LogP contribution in [0, 0.1) is 0 Å². The Morgan fingerprint density at radius 3 is 3.15 bits per heavy atom. The quantitative estimate of drug-likeness (QED) is 0.892. The number of carbonyl (C=O) groups excluding carboxylic acids is 1. The Morgan fingerprint density at radius 2 is 2.45 bits per heavy atom. The lowest BCUT2D eigenvalue weighted by molar-refractivity contribution is -0.168. The molecule has 1 aromatic heterocycles. The lowest BCUT2D eigenvalue weighted by Gasteiger charge is -2.23. The van der Waals surface area contributed by atoms with Gasteiger partial charge < -0.3 is 14.8 Å². The van der Waals surface area contributed by atoms with Crippen LogP contribution in [0.25, 0.3) is 0 Å². The molecule has 1 amide bonds. The molecule has 1 aromatic rings. The van der Waals surface area contributed by atoms with E-state index in [4.69, 9.17) is 9.47 Å². The highest BCUT2D eigenvalue weighted by Gasteiger charge is 2.17. The van der Waals surface area contributed by atoms with E-state index in [2.05, 4.69) is 26.2 Å². The van der Waals surface area contributed by atoms with E-state index >= 15 is 0 Å². The molecule has 1 saturated heterocycles. The van der Waals surface area contributed by atoms with Crippen molar-refractivity contribution in [2.75, 3.05) is 11.9 Å². The third-order valence-corrected chi connectivity index (χ3v) is 3.87. The maximum atomic E-state index is 11.5. The standard InChI is InChI=1S/C14H19BrN2O3/c1-2-12(18)17-14-10(11(15)6-7-16-14)9-20-13-5-3-4-8-19-13/h6-7,13H,2-5,8-9H2,1H3,(H,16,17,18). The zero-order valence-electron chi connectivity index (χ0n) is 11.5. The van der Waals surface area contributed by atoms with Crippen molar-refractivity contribution in [2.45, 2.75) is 45.5 Å². The van der Waals surface area contributed by atoms with E-state index in [0.717, 1.165) is 35.9 Å². The van der Waals surface area contributed by atoms with Crippen LogP contribution in [0.5, 0.6) is 0 Å². The first-order valence-corrected chi connectivity index (χ1v) is 7.66. The molecule has 0 radical (unpaired) electrons. The maximum Gasteiger partial charge on any atom is 0.225 e. The summed E-state index contributed by atoms with van der Waals surface area (Å²) in [5.41, 5.74) is 0.837. The predicted molar refractivity (Wildman–Crippen MR) is 79.2 cm³/mol. The van der Waals surface area contributed by atoms with Crippen molar-refractivity contribution in [3.63, 3.8) is 0 Å². The Kier molecular flexibility index (Phi) is 5.94. The van der Waals surface area contributed by atoms with E-state index in [9.17, 15) is 4.79 Å². The van der Waals surface area contributed by atoms with Crippen LogP contribution in [-0.4, -0.2) is 23.8 Å². The largest absolute Gasteiger partial charge is 0.353 e. The third-order valence-electron chi connectivity index (χ3n) is 3.13. The van der Waals surface area contributed by atoms with Crippen LogP contribution in [0.15, 0.2) is 16.7 Å². The zero-order chi connectivity index (χ0) is 14.4. The molecular formula is C14H19BrN2O3. The fourth-order valence-corrected chi connectivity index (χ4v) is 2.37. The van der Waals surface area contributed by atoms with Crippen molar-refractivity contribution in [3.05, 3.63) is 22.3 Å². The average Bonchev–Trinajstić information content (AvgIpc) is 2.47. The minimum absolute atomic E-state index is 0.0641. The number of hydrogen-bond donors (Lipinski definition) is 1. The molecule has 0 aliphatic carbocycles. The van der Waals surface area contributed by atoms with Gasteiger partial charge in [0.25, 0.3) is 0 Å². The van der Waals surface area contributed by atoms with Crippen LogP contribution in [-0.2, 0) is 20.9 Å². The van der Waals surface area contributed by atoms with Crippen LogP contribution in [0.4, 0.5) is 5.82 Å².